The van der Waals surface area contributed by atoms with Crippen LogP contribution in [-0.4, -0.2) is 12.4 Å². The molecule has 0 saturated heterocycles. The first kappa shape index (κ1) is 5.71. The van der Waals surface area contributed by atoms with Gasteiger partial charge in [-0.05, 0) is 18.4 Å². The summed E-state index contributed by atoms with van der Waals surface area (Å²) in [5, 5.41) is 3.00. The lowest BCUT2D eigenvalue weighted by molar-refractivity contribution is 0.783. The number of aliphatic imine (C=N–C) groups is 1. The Morgan fingerprint density at radius 3 is 3.50 bits per heavy atom. The van der Waals surface area contributed by atoms with Crippen LogP contribution in [0.2, 0.25) is 0 Å². The lowest BCUT2D eigenvalue weighted by Gasteiger charge is -2.19. The Kier molecular flexibility index (Phi) is 1.31. The quantitative estimate of drug-likeness (QED) is 0.495. The number of hydrogen-bond donors (Lipinski definition) is 1. The fourth-order valence-corrected chi connectivity index (χ4v) is 1.32. The first-order valence-corrected chi connectivity index (χ1v) is 3.60. The smallest absolute Gasteiger partial charge is 0.0924 e. The van der Waals surface area contributed by atoms with E-state index in [1.165, 1.54) is 12.0 Å². The lowest BCUT2D eigenvalue weighted by atomic mass is 9.97. The fourth-order valence-electron chi connectivity index (χ4n) is 1.32. The molecule has 1 atom stereocenters. The molecule has 0 aromatic rings. The van der Waals surface area contributed by atoms with Crippen LogP contribution in [0.1, 0.15) is 12.8 Å². The van der Waals surface area contributed by atoms with Crippen molar-refractivity contribution in [2.24, 2.45) is 4.99 Å². The summed E-state index contributed by atoms with van der Waals surface area (Å²) in [7, 11) is 0. The van der Waals surface area contributed by atoms with Crippen LogP contribution in [0.3, 0.4) is 0 Å². The third-order valence-corrected chi connectivity index (χ3v) is 1.88. The average Bonchev–Trinajstić information content (AvgIpc) is 2.05. The van der Waals surface area contributed by atoms with Gasteiger partial charge in [0.1, 0.15) is 0 Å². The highest BCUT2D eigenvalue weighted by Gasteiger charge is 2.13. The Hall–Kier alpha value is -1.05. The van der Waals surface area contributed by atoms with Crippen molar-refractivity contribution >= 4 is 6.34 Å². The van der Waals surface area contributed by atoms with Crippen molar-refractivity contribution in [2.75, 3.05) is 0 Å². The zero-order chi connectivity index (χ0) is 6.81. The van der Waals surface area contributed by atoms with Crippen LogP contribution in [0.25, 0.3) is 0 Å². The van der Waals surface area contributed by atoms with E-state index in [4.69, 9.17) is 0 Å². The van der Waals surface area contributed by atoms with Crippen molar-refractivity contribution < 1.29 is 0 Å². The first-order valence-electron chi connectivity index (χ1n) is 3.60. The van der Waals surface area contributed by atoms with Crippen LogP contribution in [0.4, 0.5) is 0 Å². The minimum Gasteiger partial charge on any atom is -0.353 e. The number of rotatable bonds is 0. The molecule has 0 bridgehead atoms. The Balaban J connectivity index is 2.26. The molecular weight excluding hydrogens is 124 g/mol. The van der Waals surface area contributed by atoms with E-state index < -0.39 is 0 Å². The molecule has 52 valence electrons. The Morgan fingerprint density at radius 2 is 2.60 bits per heavy atom. The summed E-state index contributed by atoms with van der Waals surface area (Å²) in [5.74, 6) is 0. The average molecular weight is 134 g/mol. The molecule has 1 aliphatic heterocycles. The van der Waals surface area contributed by atoms with Crippen molar-refractivity contribution in [3.63, 3.8) is 0 Å². The van der Waals surface area contributed by atoms with Gasteiger partial charge < -0.3 is 5.32 Å². The molecule has 2 aliphatic rings. The molecule has 10 heavy (non-hydrogen) atoms. The number of nitrogens with zero attached hydrogens (tertiary/aromatic N) is 1. The Labute approximate surface area is 60.3 Å². The van der Waals surface area contributed by atoms with Crippen molar-refractivity contribution in [1.29, 1.82) is 0 Å². The van der Waals surface area contributed by atoms with Crippen LogP contribution in [-0.2, 0) is 0 Å². The molecule has 1 heterocycles. The van der Waals surface area contributed by atoms with E-state index >= 15 is 0 Å². The second-order valence-electron chi connectivity index (χ2n) is 2.58. The second-order valence-corrected chi connectivity index (χ2v) is 2.58. The molecule has 0 radical (unpaired) electrons. The fraction of sp³-hybridized carbons (Fsp3) is 0.375. The number of hydrogen-bond acceptors (Lipinski definition) is 2. The molecular formula is C8H10N2. The molecule has 1 aliphatic carbocycles. The van der Waals surface area contributed by atoms with Gasteiger partial charge in [-0.25, -0.2) is 0 Å². The maximum Gasteiger partial charge on any atom is 0.0924 e. The minimum absolute atomic E-state index is 0.343. The van der Waals surface area contributed by atoms with Crippen molar-refractivity contribution in [3.05, 3.63) is 23.9 Å². The minimum atomic E-state index is 0.343. The molecule has 2 rings (SSSR count). The molecule has 0 amide bonds. The second kappa shape index (κ2) is 2.29. The number of allylic oxidation sites excluding steroid dienone is 1. The van der Waals surface area contributed by atoms with Gasteiger partial charge in [-0.1, -0.05) is 12.2 Å². The monoisotopic (exact) mass is 134 g/mol. The summed E-state index contributed by atoms with van der Waals surface area (Å²) in [4.78, 5) is 4.26. The van der Waals surface area contributed by atoms with Crippen LogP contribution >= 0.6 is 0 Å². The molecule has 0 fully saturated rings. The van der Waals surface area contributed by atoms with E-state index in [9.17, 15) is 0 Å². The SMILES string of the molecule is C1=CC2N=CNC=C2CC1. The van der Waals surface area contributed by atoms with Gasteiger partial charge in [-0.3, -0.25) is 4.99 Å². The van der Waals surface area contributed by atoms with Gasteiger partial charge in [0, 0.05) is 6.20 Å². The van der Waals surface area contributed by atoms with Crippen LogP contribution in [0.5, 0.6) is 0 Å². The largest absolute Gasteiger partial charge is 0.353 e. The topological polar surface area (TPSA) is 24.4 Å². The first-order chi connectivity index (χ1) is 4.97. The van der Waals surface area contributed by atoms with Gasteiger partial charge in [0.05, 0.1) is 12.4 Å². The van der Waals surface area contributed by atoms with E-state index in [0.29, 0.717) is 6.04 Å². The van der Waals surface area contributed by atoms with Crippen LogP contribution in [0.15, 0.2) is 28.9 Å². The summed E-state index contributed by atoms with van der Waals surface area (Å²) < 4.78 is 0. The zero-order valence-electron chi connectivity index (χ0n) is 5.75. The number of fused-ring (bicyclic) bond motifs is 1. The van der Waals surface area contributed by atoms with E-state index in [-0.39, 0.29) is 0 Å². The summed E-state index contributed by atoms with van der Waals surface area (Å²) in [5.41, 5.74) is 1.41. The van der Waals surface area contributed by atoms with Crippen molar-refractivity contribution in [2.45, 2.75) is 18.9 Å². The summed E-state index contributed by atoms with van der Waals surface area (Å²) in [6.07, 6.45) is 10.5. The molecule has 0 saturated carbocycles. The van der Waals surface area contributed by atoms with Crippen LogP contribution in [0, 0.1) is 0 Å². The molecule has 2 heteroatoms. The Morgan fingerprint density at radius 1 is 1.60 bits per heavy atom. The van der Waals surface area contributed by atoms with Crippen molar-refractivity contribution in [3.8, 4) is 0 Å². The van der Waals surface area contributed by atoms with E-state index in [2.05, 4.69) is 28.7 Å². The highest BCUT2D eigenvalue weighted by Crippen LogP contribution is 2.20. The zero-order valence-corrected chi connectivity index (χ0v) is 5.75. The summed E-state index contributed by atoms with van der Waals surface area (Å²) in [6.45, 7) is 0. The normalized spacial score (nSPS) is 28.8. The van der Waals surface area contributed by atoms with Crippen LogP contribution < -0.4 is 5.32 Å². The van der Waals surface area contributed by atoms with Gasteiger partial charge in [0.15, 0.2) is 0 Å². The maximum absolute atomic E-state index is 4.26. The molecule has 0 spiro atoms. The van der Waals surface area contributed by atoms with E-state index in [0.717, 1.165) is 6.42 Å². The van der Waals surface area contributed by atoms with Gasteiger partial charge in [0.25, 0.3) is 0 Å². The summed E-state index contributed by atoms with van der Waals surface area (Å²) >= 11 is 0. The van der Waals surface area contributed by atoms with Crippen molar-refractivity contribution in [1.82, 2.24) is 5.32 Å². The molecule has 1 unspecified atom stereocenters. The lowest BCUT2D eigenvalue weighted by Crippen LogP contribution is -2.19. The summed E-state index contributed by atoms with van der Waals surface area (Å²) in [6, 6.07) is 0.343. The molecule has 1 N–H and O–H groups in total. The highest BCUT2D eigenvalue weighted by atomic mass is 15.0. The molecule has 0 aromatic heterocycles. The number of nitrogens with one attached hydrogen (secondary N) is 1. The predicted octanol–water partition coefficient (Wildman–Crippen LogP) is 1.22. The van der Waals surface area contributed by atoms with Gasteiger partial charge >= 0.3 is 0 Å². The molecule has 0 aromatic carbocycles. The third kappa shape index (κ3) is 0.856. The van der Waals surface area contributed by atoms with E-state index in [1.54, 1.807) is 6.34 Å². The van der Waals surface area contributed by atoms with E-state index in [1.807, 2.05) is 0 Å². The van der Waals surface area contributed by atoms with Gasteiger partial charge in [-0.15, -0.1) is 0 Å². The third-order valence-electron chi connectivity index (χ3n) is 1.88. The molecule has 2 nitrogen and oxygen atoms in total. The van der Waals surface area contributed by atoms with Gasteiger partial charge in [-0.2, -0.15) is 0 Å². The van der Waals surface area contributed by atoms with Gasteiger partial charge in [0.2, 0.25) is 0 Å². The predicted molar refractivity (Wildman–Crippen MR) is 41.9 cm³/mol. The standard InChI is InChI=1S/C8H10N2/c1-2-4-8-7(3-1)5-9-6-10-8/h2,4-6,8H,1,3H2,(H,9,10). The Bertz CT molecular complexity index is 213. The maximum atomic E-state index is 4.26. The highest BCUT2D eigenvalue weighted by molar-refractivity contribution is 5.59.